The molecule has 28 heavy (non-hydrogen) atoms. The minimum atomic E-state index is -1.22. The lowest BCUT2D eigenvalue weighted by Crippen LogP contribution is -2.48. The van der Waals surface area contributed by atoms with Crippen molar-refractivity contribution in [2.45, 2.75) is 25.3 Å². The van der Waals surface area contributed by atoms with E-state index in [1.165, 1.54) is 0 Å². The zero-order valence-electron chi connectivity index (χ0n) is 15.0. The summed E-state index contributed by atoms with van der Waals surface area (Å²) >= 11 is 0. The summed E-state index contributed by atoms with van der Waals surface area (Å²) in [6.45, 7) is 2.50. The summed E-state index contributed by atoms with van der Waals surface area (Å²) in [4.78, 5) is 25.3. The van der Waals surface area contributed by atoms with Crippen molar-refractivity contribution in [3.8, 4) is 0 Å². The van der Waals surface area contributed by atoms with Gasteiger partial charge in [-0.1, -0.05) is 0 Å². The number of nitrogens with two attached hydrogens (primary N) is 1. The quantitative estimate of drug-likeness (QED) is 0.657. The first-order valence-electron chi connectivity index (χ1n) is 8.86. The van der Waals surface area contributed by atoms with Crippen LogP contribution in [0.15, 0.2) is 29.1 Å². The molecule has 0 saturated carbocycles. The standard InChI is InChI=1S/C19H18F3N5O/c1-9-24-16-2-3-17(26-18(16)19(28)25-9)27-5-4-10(15(23)8-27)11-6-13(21)14(22)7-12(11)20/h2-3,6-7,10,15H,4-5,8,23H2,1H3,(H,24,25,28)/t10-,15+/m1/s1. The number of nitrogens with zero attached hydrogens (tertiary/aromatic N) is 3. The molecule has 3 aromatic rings. The second kappa shape index (κ2) is 6.90. The van der Waals surface area contributed by atoms with Gasteiger partial charge in [0, 0.05) is 31.1 Å². The van der Waals surface area contributed by atoms with Gasteiger partial charge >= 0.3 is 0 Å². The molecule has 3 N–H and O–H groups in total. The molecule has 1 aliphatic heterocycles. The van der Waals surface area contributed by atoms with Crippen molar-refractivity contribution in [3.05, 3.63) is 63.5 Å². The highest BCUT2D eigenvalue weighted by Crippen LogP contribution is 2.32. The van der Waals surface area contributed by atoms with Gasteiger partial charge in [0.2, 0.25) is 0 Å². The third-order valence-corrected chi connectivity index (χ3v) is 5.08. The molecule has 0 unspecified atom stereocenters. The molecule has 2 aromatic heterocycles. The number of pyridine rings is 1. The summed E-state index contributed by atoms with van der Waals surface area (Å²) < 4.78 is 40.9. The molecule has 2 atom stereocenters. The Hall–Kier alpha value is -2.94. The molecule has 0 bridgehead atoms. The van der Waals surface area contributed by atoms with Gasteiger partial charge in [-0.2, -0.15) is 0 Å². The minimum Gasteiger partial charge on any atom is -0.355 e. The van der Waals surface area contributed by atoms with Gasteiger partial charge in [0.15, 0.2) is 17.2 Å². The van der Waals surface area contributed by atoms with Gasteiger partial charge in [-0.05, 0) is 37.1 Å². The van der Waals surface area contributed by atoms with E-state index in [0.29, 0.717) is 42.7 Å². The Morgan fingerprint density at radius 3 is 2.64 bits per heavy atom. The fraction of sp³-hybridized carbons (Fsp3) is 0.316. The van der Waals surface area contributed by atoms with Crippen molar-refractivity contribution in [2.75, 3.05) is 18.0 Å². The van der Waals surface area contributed by atoms with E-state index in [1.807, 2.05) is 4.90 Å². The van der Waals surface area contributed by atoms with Crippen LogP contribution < -0.4 is 16.2 Å². The summed E-state index contributed by atoms with van der Waals surface area (Å²) in [7, 11) is 0. The molecule has 1 fully saturated rings. The minimum absolute atomic E-state index is 0.0774. The summed E-state index contributed by atoms with van der Waals surface area (Å²) in [5.74, 6) is -2.50. The SMILES string of the molecule is Cc1nc2ccc(N3CC[C@H](c4cc(F)c(F)cc4F)[C@@H](N)C3)nc2c(=O)[nH]1. The highest BCUT2D eigenvalue weighted by Gasteiger charge is 2.31. The van der Waals surface area contributed by atoms with E-state index in [0.717, 1.165) is 6.07 Å². The van der Waals surface area contributed by atoms with E-state index < -0.39 is 29.4 Å². The molecule has 0 spiro atoms. The fourth-order valence-corrected chi connectivity index (χ4v) is 3.71. The van der Waals surface area contributed by atoms with Crippen molar-refractivity contribution >= 4 is 16.9 Å². The first kappa shape index (κ1) is 18.4. The van der Waals surface area contributed by atoms with Crippen LogP contribution in [0.5, 0.6) is 0 Å². The lowest BCUT2D eigenvalue weighted by Gasteiger charge is -2.37. The van der Waals surface area contributed by atoms with Crippen molar-refractivity contribution in [2.24, 2.45) is 5.73 Å². The molecule has 1 aliphatic rings. The van der Waals surface area contributed by atoms with E-state index in [-0.39, 0.29) is 16.6 Å². The second-order valence-corrected chi connectivity index (χ2v) is 6.98. The molecular weight excluding hydrogens is 371 g/mol. The van der Waals surface area contributed by atoms with Gasteiger partial charge < -0.3 is 15.6 Å². The summed E-state index contributed by atoms with van der Waals surface area (Å²) in [5, 5.41) is 0. The number of rotatable bonds is 2. The molecule has 1 aromatic carbocycles. The zero-order chi connectivity index (χ0) is 20.0. The van der Waals surface area contributed by atoms with Crippen molar-refractivity contribution < 1.29 is 13.2 Å². The fourth-order valence-electron chi connectivity index (χ4n) is 3.71. The number of fused-ring (bicyclic) bond motifs is 1. The topological polar surface area (TPSA) is 87.9 Å². The maximum absolute atomic E-state index is 14.1. The molecule has 1 saturated heterocycles. The molecular formula is C19H18F3N5O. The third kappa shape index (κ3) is 3.22. The zero-order valence-corrected chi connectivity index (χ0v) is 15.0. The summed E-state index contributed by atoms with van der Waals surface area (Å²) in [5.41, 5.74) is 6.70. The molecule has 0 aliphatic carbocycles. The lowest BCUT2D eigenvalue weighted by atomic mass is 9.85. The molecule has 6 nitrogen and oxygen atoms in total. The highest BCUT2D eigenvalue weighted by atomic mass is 19.2. The van der Waals surface area contributed by atoms with Crippen LogP contribution >= 0.6 is 0 Å². The molecule has 0 radical (unpaired) electrons. The normalized spacial score (nSPS) is 20.0. The number of aryl methyl sites for hydroxylation is 1. The average Bonchev–Trinajstić information content (AvgIpc) is 2.64. The Morgan fingerprint density at radius 2 is 1.89 bits per heavy atom. The molecule has 3 heterocycles. The highest BCUT2D eigenvalue weighted by molar-refractivity contribution is 5.75. The number of anilines is 1. The Kier molecular flexibility index (Phi) is 4.54. The number of nitrogens with one attached hydrogen (secondary N) is 1. The summed E-state index contributed by atoms with van der Waals surface area (Å²) in [6.07, 6.45) is 0.436. The maximum Gasteiger partial charge on any atom is 0.277 e. The van der Waals surface area contributed by atoms with E-state index in [1.54, 1.807) is 19.1 Å². The second-order valence-electron chi connectivity index (χ2n) is 6.98. The average molecular weight is 389 g/mol. The molecule has 4 rings (SSSR count). The van der Waals surface area contributed by atoms with Crippen molar-refractivity contribution in [1.29, 1.82) is 0 Å². The van der Waals surface area contributed by atoms with Gasteiger partial charge in [0.05, 0.1) is 5.52 Å². The van der Waals surface area contributed by atoms with Crippen LogP contribution in [0.2, 0.25) is 0 Å². The van der Waals surface area contributed by atoms with E-state index in [2.05, 4.69) is 15.0 Å². The predicted molar refractivity (Wildman–Crippen MR) is 98.8 cm³/mol. The number of aromatic amines is 1. The Morgan fingerprint density at radius 1 is 1.14 bits per heavy atom. The smallest absolute Gasteiger partial charge is 0.277 e. The number of aromatic nitrogens is 3. The Balaban J connectivity index is 1.60. The molecule has 9 heteroatoms. The van der Waals surface area contributed by atoms with Crippen molar-refractivity contribution in [1.82, 2.24) is 15.0 Å². The van der Waals surface area contributed by atoms with Crippen LogP contribution in [-0.2, 0) is 0 Å². The maximum atomic E-state index is 14.1. The van der Waals surface area contributed by atoms with Crippen molar-refractivity contribution in [3.63, 3.8) is 0 Å². The van der Waals surface area contributed by atoms with Crippen LogP contribution in [0, 0.1) is 24.4 Å². The predicted octanol–water partition coefficient (Wildman–Crippen LogP) is 2.37. The number of benzene rings is 1. The first-order chi connectivity index (χ1) is 13.3. The van der Waals surface area contributed by atoms with Gasteiger partial charge in [-0.25, -0.2) is 23.1 Å². The van der Waals surface area contributed by atoms with Crippen LogP contribution in [0.25, 0.3) is 11.0 Å². The number of piperidine rings is 1. The number of hydrogen-bond donors (Lipinski definition) is 2. The van der Waals surface area contributed by atoms with Crippen LogP contribution in [0.1, 0.15) is 23.7 Å². The van der Waals surface area contributed by atoms with Gasteiger partial charge in [0.1, 0.15) is 17.5 Å². The van der Waals surface area contributed by atoms with Crippen LogP contribution in [-0.4, -0.2) is 34.1 Å². The number of hydrogen-bond acceptors (Lipinski definition) is 5. The van der Waals surface area contributed by atoms with Gasteiger partial charge in [-0.15, -0.1) is 0 Å². The van der Waals surface area contributed by atoms with Gasteiger partial charge in [0.25, 0.3) is 5.56 Å². The van der Waals surface area contributed by atoms with E-state index in [9.17, 15) is 18.0 Å². The molecule has 146 valence electrons. The van der Waals surface area contributed by atoms with Crippen LogP contribution in [0.3, 0.4) is 0 Å². The number of H-pyrrole nitrogens is 1. The number of halogens is 3. The lowest BCUT2D eigenvalue weighted by molar-refractivity contribution is 0.416. The van der Waals surface area contributed by atoms with Crippen LogP contribution in [0.4, 0.5) is 19.0 Å². The molecule has 0 amide bonds. The monoisotopic (exact) mass is 389 g/mol. The van der Waals surface area contributed by atoms with E-state index >= 15 is 0 Å². The van der Waals surface area contributed by atoms with E-state index in [4.69, 9.17) is 5.73 Å². The largest absolute Gasteiger partial charge is 0.355 e. The Labute approximate surface area is 158 Å². The Bertz CT molecular complexity index is 1120. The third-order valence-electron chi connectivity index (χ3n) is 5.08. The summed E-state index contributed by atoms with van der Waals surface area (Å²) in [6, 6.07) is 4.38. The first-order valence-corrected chi connectivity index (χ1v) is 8.86. The van der Waals surface area contributed by atoms with Gasteiger partial charge in [-0.3, -0.25) is 4.79 Å².